The molecule has 114 valence electrons. The van der Waals surface area contributed by atoms with Crippen LogP contribution in [0.5, 0.6) is 0 Å². The molecule has 0 spiro atoms. The zero-order chi connectivity index (χ0) is 15.6. The second-order valence-corrected chi connectivity index (χ2v) is 7.29. The zero-order valence-corrected chi connectivity index (χ0v) is 12.6. The normalized spacial score (nSPS) is 20.7. The summed E-state index contributed by atoms with van der Waals surface area (Å²) >= 11 is 0. The van der Waals surface area contributed by atoms with Crippen LogP contribution >= 0.6 is 0 Å². The van der Waals surface area contributed by atoms with Crippen LogP contribution in [0, 0.1) is 11.8 Å². The summed E-state index contributed by atoms with van der Waals surface area (Å²) in [6.45, 7) is 1.62. The van der Waals surface area contributed by atoms with Gasteiger partial charge < -0.3 is 10.1 Å². The summed E-state index contributed by atoms with van der Waals surface area (Å²) in [6, 6.07) is 5.78. The average molecular weight is 311 g/mol. The number of nitrogens with one attached hydrogen (secondary N) is 1. The molecule has 0 heterocycles. The quantitative estimate of drug-likeness (QED) is 0.826. The topological polar surface area (TPSA) is 89.5 Å². The summed E-state index contributed by atoms with van der Waals surface area (Å²) in [5, 5.41) is 2.54. The molecule has 1 amide bonds. The molecule has 21 heavy (non-hydrogen) atoms. The second-order valence-electron chi connectivity index (χ2n) is 5.27. The number of carbonyl (C=O) groups is 2. The van der Waals surface area contributed by atoms with Crippen LogP contribution in [0.3, 0.4) is 0 Å². The van der Waals surface area contributed by atoms with E-state index in [1.54, 1.807) is 0 Å². The van der Waals surface area contributed by atoms with E-state index in [0.29, 0.717) is 11.6 Å². The van der Waals surface area contributed by atoms with E-state index in [0.717, 1.165) is 12.7 Å². The van der Waals surface area contributed by atoms with Gasteiger partial charge in [0.2, 0.25) is 0 Å². The lowest BCUT2D eigenvalue weighted by Gasteiger charge is -2.07. The van der Waals surface area contributed by atoms with Gasteiger partial charge in [-0.3, -0.25) is 9.59 Å². The van der Waals surface area contributed by atoms with Crippen LogP contribution < -0.4 is 5.32 Å². The number of benzene rings is 1. The third-order valence-electron chi connectivity index (χ3n) is 3.32. The van der Waals surface area contributed by atoms with Gasteiger partial charge in [0.15, 0.2) is 16.4 Å². The summed E-state index contributed by atoms with van der Waals surface area (Å²) in [5.74, 6) is -0.537. The predicted octanol–water partition coefficient (Wildman–Crippen LogP) is 1.23. The molecule has 2 atom stereocenters. The summed E-state index contributed by atoms with van der Waals surface area (Å²) in [4.78, 5) is 23.3. The molecule has 0 bridgehead atoms. The van der Waals surface area contributed by atoms with Crippen LogP contribution in [0.4, 0.5) is 5.69 Å². The molecule has 0 radical (unpaired) electrons. The van der Waals surface area contributed by atoms with Crippen LogP contribution in [0.1, 0.15) is 13.3 Å². The molecule has 0 aliphatic heterocycles. The highest BCUT2D eigenvalue weighted by atomic mass is 32.2. The lowest BCUT2D eigenvalue weighted by molar-refractivity contribution is -0.148. The van der Waals surface area contributed by atoms with Crippen LogP contribution in [-0.4, -0.2) is 33.2 Å². The molecule has 1 N–H and O–H groups in total. The Morgan fingerprint density at radius 1 is 1.29 bits per heavy atom. The van der Waals surface area contributed by atoms with Crippen molar-refractivity contribution in [1.82, 2.24) is 0 Å². The number of amides is 1. The molecular formula is C14H17NO5S. The van der Waals surface area contributed by atoms with Gasteiger partial charge in [-0.05, 0) is 36.6 Å². The first-order valence-electron chi connectivity index (χ1n) is 6.54. The fourth-order valence-corrected chi connectivity index (χ4v) is 2.51. The summed E-state index contributed by atoms with van der Waals surface area (Å²) < 4.78 is 27.5. The van der Waals surface area contributed by atoms with Gasteiger partial charge in [-0.1, -0.05) is 6.92 Å². The lowest BCUT2D eigenvalue weighted by Crippen LogP contribution is -2.21. The van der Waals surface area contributed by atoms with Crippen LogP contribution in [0.2, 0.25) is 0 Å². The number of ether oxygens (including phenoxy) is 1. The van der Waals surface area contributed by atoms with E-state index in [4.69, 9.17) is 4.74 Å². The SMILES string of the molecule is CC1CC1C(=O)OCC(=O)Nc1ccc(S(C)(=O)=O)cc1. The molecule has 0 aromatic heterocycles. The first-order chi connectivity index (χ1) is 9.77. The molecular weight excluding hydrogens is 294 g/mol. The molecule has 1 aliphatic carbocycles. The lowest BCUT2D eigenvalue weighted by atomic mass is 10.3. The van der Waals surface area contributed by atoms with Crippen molar-refractivity contribution < 1.29 is 22.7 Å². The van der Waals surface area contributed by atoms with Gasteiger partial charge in [-0.25, -0.2) is 8.42 Å². The van der Waals surface area contributed by atoms with Crippen molar-refractivity contribution in [1.29, 1.82) is 0 Å². The minimum absolute atomic E-state index is 0.0770. The molecule has 2 rings (SSSR count). The first-order valence-corrected chi connectivity index (χ1v) is 8.43. The Morgan fingerprint density at radius 3 is 2.33 bits per heavy atom. The number of hydrogen-bond donors (Lipinski definition) is 1. The molecule has 1 aliphatic rings. The van der Waals surface area contributed by atoms with Crippen molar-refractivity contribution >= 4 is 27.4 Å². The predicted molar refractivity (Wildman–Crippen MR) is 76.4 cm³/mol. The smallest absolute Gasteiger partial charge is 0.309 e. The van der Waals surface area contributed by atoms with Gasteiger partial charge in [-0.2, -0.15) is 0 Å². The highest BCUT2D eigenvalue weighted by Crippen LogP contribution is 2.38. The van der Waals surface area contributed by atoms with Gasteiger partial charge in [0, 0.05) is 11.9 Å². The summed E-state index contributed by atoms with van der Waals surface area (Å²) in [7, 11) is -3.26. The van der Waals surface area contributed by atoms with Crippen molar-refractivity contribution in [3.05, 3.63) is 24.3 Å². The molecule has 1 aromatic rings. The van der Waals surface area contributed by atoms with Crippen molar-refractivity contribution in [2.75, 3.05) is 18.2 Å². The Hall–Kier alpha value is -1.89. The fraction of sp³-hybridized carbons (Fsp3) is 0.429. The molecule has 0 saturated heterocycles. The number of hydrogen-bond acceptors (Lipinski definition) is 5. The third kappa shape index (κ3) is 4.29. The van der Waals surface area contributed by atoms with E-state index < -0.39 is 15.7 Å². The largest absolute Gasteiger partial charge is 0.455 e. The van der Waals surface area contributed by atoms with Gasteiger partial charge in [0.25, 0.3) is 5.91 Å². The maximum Gasteiger partial charge on any atom is 0.309 e. The molecule has 1 aromatic carbocycles. The molecule has 1 fully saturated rings. The van der Waals surface area contributed by atoms with Gasteiger partial charge in [0.1, 0.15) is 0 Å². The van der Waals surface area contributed by atoms with Gasteiger partial charge in [-0.15, -0.1) is 0 Å². The molecule has 1 saturated carbocycles. The maximum atomic E-state index is 11.6. The Morgan fingerprint density at radius 2 is 1.86 bits per heavy atom. The van der Waals surface area contributed by atoms with E-state index in [-0.39, 0.29) is 23.4 Å². The van der Waals surface area contributed by atoms with E-state index >= 15 is 0 Å². The molecule has 7 heteroatoms. The maximum absolute atomic E-state index is 11.6. The van der Waals surface area contributed by atoms with Crippen LogP contribution in [0.15, 0.2) is 29.2 Å². The Labute approximate surface area is 123 Å². The van der Waals surface area contributed by atoms with Crippen molar-refractivity contribution in [3.63, 3.8) is 0 Å². The summed E-state index contributed by atoms with van der Waals surface area (Å²) in [5.41, 5.74) is 0.447. The third-order valence-corrected chi connectivity index (χ3v) is 4.45. The van der Waals surface area contributed by atoms with E-state index in [1.165, 1.54) is 24.3 Å². The van der Waals surface area contributed by atoms with Crippen molar-refractivity contribution in [2.45, 2.75) is 18.2 Å². The number of sulfone groups is 1. The second kappa shape index (κ2) is 5.85. The average Bonchev–Trinajstić information content (AvgIpc) is 3.13. The highest BCUT2D eigenvalue weighted by molar-refractivity contribution is 7.90. The van der Waals surface area contributed by atoms with Crippen LogP contribution in [-0.2, 0) is 24.2 Å². The summed E-state index contributed by atoms with van der Waals surface area (Å²) in [6.07, 6.45) is 1.92. The zero-order valence-electron chi connectivity index (χ0n) is 11.8. The van der Waals surface area contributed by atoms with Crippen LogP contribution in [0.25, 0.3) is 0 Å². The standard InChI is InChI=1S/C14H17NO5S/c1-9-7-12(9)14(17)20-8-13(16)15-10-3-5-11(6-4-10)21(2,18)19/h3-6,9,12H,7-8H2,1-2H3,(H,15,16). The molecule has 2 unspecified atom stereocenters. The number of rotatable bonds is 5. The van der Waals surface area contributed by atoms with Crippen molar-refractivity contribution in [2.24, 2.45) is 11.8 Å². The number of carbonyl (C=O) groups excluding carboxylic acids is 2. The van der Waals surface area contributed by atoms with Gasteiger partial charge in [0.05, 0.1) is 10.8 Å². The Bertz CT molecular complexity index is 650. The monoisotopic (exact) mass is 311 g/mol. The Balaban J connectivity index is 1.84. The van der Waals surface area contributed by atoms with E-state index in [9.17, 15) is 18.0 Å². The fourth-order valence-electron chi connectivity index (χ4n) is 1.88. The number of anilines is 1. The molecule has 6 nitrogen and oxygen atoms in total. The minimum Gasteiger partial charge on any atom is -0.455 e. The number of esters is 1. The van der Waals surface area contributed by atoms with Crippen molar-refractivity contribution in [3.8, 4) is 0 Å². The van der Waals surface area contributed by atoms with E-state index in [1.807, 2.05) is 6.92 Å². The Kier molecular flexibility index (Phi) is 4.32. The highest BCUT2D eigenvalue weighted by Gasteiger charge is 2.40. The van der Waals surface area contributed by atoms with Gasteiger partial charge >= 0.3 is 5.97 Å². The minimum atomic E-state index is -3.26. The van der Waals surface area contributed by atoms with E-state index in [2.05, 4.69) is 5.32 Å². The first kappa shape index (κ1) is 15.5.